The highest BCUT2D eigenvalue weighted by Gasteiger charge is 2.29. The lowest BCUT2D eigenvalue weighted by Gasteiger charge is -2.10. The summed E-state index contributed by atoms with van der Waals surface area (Å²) in [6.07, 6.45) is 4.22. The quantitative estimate of drug-likeness (QED) is 0.722. The number of nitrogens with two attached hydrogens (primary N) is 1. The Kier molecular flexibility index (Phi) is 2.33. The molecule has 1 saturated carbocycles. The minimum absolute atomic E-state index is 0.518. The normalized spacial score (nSPS) is 14.8. The maximum Gasteiger partial charge on any atom is 0.160 e. The van der Waals surface area contributed by atoms with E-state index in [0.29, 0.717) is 6.04 Å². The van der Waals surface area contributed by atoms with E-state index in [4.69, 9.17) is 10.7 Å². The third kappa shape index (κ3) is 1.68. The maximum atomic E-state index is 6.16. The smallest absolute Gasteiger partial charge is 0.160 e. The van der Waals surface area contributed by atoms with Crippen molar-refractivity contribution in [2.24, 2.45) is 0 Å². The van der Waals surface area contributed by atoms with Crippen LogP contribution in [0.3, 0.4) is 0 Å². The lowest BCUT2D eigenvalue weighted by atomic mass is 10.1. The van der Waals surface area contributed by atoms with Gasteiger partial charge >= 0.3 is 0 Å². The molecule has 0 bridgehead atoms. The molecule has 1 aliphatic carbocycles. The van der Waals surface area contributed by atoms with Crippen LogP contribution in [0.15, 0.2) is 36.5 Å². The van der Waals surface area contributed by atoms with Gasteiger partial charge in [-0.05, 0) is 44.0 Å². The van der Waals surface area contributed by atoms with Crippen LogP contribution in [0.2, 0.25) is 0 Å². The number of aromatic nitrogens is 3. The Balaban J connectivity index is 2.03. The Morgan fingerprint density at radius 3 is 2.90 bits per heavy atom. The third-order valence-electron chi connectivity index (χ3n) is 3.81. The van der Waals surface area contributed by atoms with Gasteiger partial charge in [-0.3, -0.25) is 0 Å². The molecule has 0 saturated heterocycles. The van der Waals surface area contributed by atoms with Crippen molar-refractivity contribution in [1.29, 1.82) is 0 Å². The van der Waals surface area contributed by atoms with Crippen LogP contribution in [0.4, 0.5) is 5.69 Å². The van der Waals surface area contributed by atoms with E-state index in [1.165, 1.54) is 18.4 Å². The zero-order chi connectivity index (χ0) is 13.7. The van der Waals surface area contributed by atoms with E-state index in [2.05, 4.69) is 22.5 Å². The summed E-state index contributed by atoms with van der Waals surface area (Å²) in [7, 11) is 0. The van der Waals surface area contributed by atoms with E-state index >= 15 is 0 Å². The van der Waals surface area contributed by atoms with Gasteiger partial charge in [0.15, 0.2) is 5.65 Å². The molecule has 100 valence electrons. The van der Waals surface area contributed by atoms with Gasteiger partial charge in [0.25, 0.3) is 0 Å². The Morgan fingerprint density at radius 1 is 1.25 bits per heavy atom. The summed E-state index contributed by atoms with van der Waals surface area (Å²) in [6, 6.07) is 10.5. The second-order valence-corrected chi connectivity index (χ2v) is 5.47. The molecule has 1 fully saturated rings. The number of aryl methyl sites for hydroxylation is 1. The molecule has 0 amide bonds. The highest BCUT2D eigenvalue weighted by Crippen LogP contribution is 2.41. The van der Waals surface area contributed by atoms with Crippen molar-refractivity contribution in [3.05, 3.63) is 42.1 Å². The lowest BCUT2D eigenvalue weighted by molar-refractivity contribution is 0.766. The van der Waals surface area contributed by atoms with Gasteiger partial charge in [-0.15, -0.1) is 0 Å². The van der Waals surface area contributed by atoms with Gasteiger partial charge in [0.2, 0.25) is 0 Å². The second kappa shape index (κ2) is 4.07. The van der Waals surface area contributed by atoms with E-state index in [0.717, 1.165) is 28.2 Å². The van der Waals surface area contributed by atoms with Crippen molar-refractivity contribution in [1.82, 2.24) is 14.5 Å². The van der Waals surface area contributed by atoms with Gasteiger partial charge in [-0.25, -0.2) is 9.97 Å². The van der Waals surface area contributed by atoms with E-state index in [-0.39, 0.29) is 0 Å². The monoisotopic (exact) mass is 264 g/mol. The first kappa shape index (κ1) is 11.5. The van der Waals surface area contributed by atoms with E-state index in [1.54, 1.807) is 0 Å². The topological polar surface area (TPSA) is 56.7 Å². The Morgan fingerprint density at radius 2 is 2.10 bits per heavy atom. The van der Waals surface area contributed by atoms with Gasteiger partial charge in [-0.2, -0.15) is 0 Å². The van der Waals surface area contributed by atoms with Gasteiger partial charge in [0.1, 0.15) is 11.3 Å². The van der Waals surface area contributed by atoms with Crippen LogP contribution in [-0.4, -0.2) is 14.5 Å². The summed E-state index contributed by atoms with van der Waals surface area (Å²) in [5.74, 6) is 0.947. The number of pyridine rings is 1. The molecule has 0 radical (unpaired) electrons. The molecule has 4 heteroatoms. The minimum Gasteiger partial charge on any atom is -0.398 e. The number of nitrogens with zero attached hydrogens (tertiary/aromatic N) is 3. The second-order valence-electron chi connectivity index (χ2n) is 5.47. The molecule has 4 rings (SSSR count). The van der Waals surface area contributed by atoms with Crippen LogP contribution in [0.5, 0.6) is 0 Å². The van der Waals surface area contributed by atoms with Gasteiger partial charge in [0.05, 0.1) is 0 Å². The molecule has 0 atom stereocenters. The summed E-state index contributed by atoms with van der Waals surface area (Å²) in [5.41, 5.74) is 11.0. The molecule has 0 spiro atoms. The van der Waals surface area contributed by atoms with Gasteiger partial charge in [0, 0.05) is 23.5 Å². The molecule has 2 N–H and O–H groups in total. The molecule has 1 aliphatic rings. The standard InChI is InChI=1S/C16H16N4/c1-10-4-7-13(17)12(9-10)15-19-14-3-2-8-18-16(14)20(15)11-5-6-11/h2-4,7-9,11H,5-6,17H2,1H3. The first-order chi connectivity index (χ1) is 9.74. The molecule has 4 nitrogen and oxygen atoms in total. The number of anilines is 1. The average Bonchev–Trinajstić information content (AvgIpc) is 3.21. The maximum absolute atomic E-state index is 6.16. The van der Waals surface area contributed by atoms with E-state index in [1.807, 2.05) is 30.5 Å². The molecular formula is C16H16N4. The highest BCUT2D eigenvalue weighted by atomic mass is 15.2. The summed E-state index contributed by atoms with van der Waals surface area (Å²) in [6.45, 7) is 2.07. The summed E-state index contributed by atoms with van der Waals surface area (Å²) in [5, 5.41) is 0. The molecule has 1 aromatic carbocycles. The zero-order valence-electron chi connectivity index (χ0n) is 11.4. The lowest BCUT2D eigenvalue weighted by Crippen LogP contribution is -2.01. The van der Waals surface area contributed by atoms with Crippen LogP contribution in [0, 0.1) is 6.92 Å². The Labute approximate surface area is 117 Å². The predicted molar refractivity (Wildman–Crippen MR) is 80.4 cm³/mol. The number of hydrogen-bond donors (Lipinski definition) is 1. The first-order valence-corrected chi connectivity index (χ1v) is 6.93. The van der Waals surface area contributed by atoms with Crippen LogP contribution < -0.4 is 5.73 Å². The van der Waals surface area contributed by atoms with Crippen molar-refractivity contribution in [2.45, 2.75) is 25.8 Å². The number of fused-ring (bicyclic) bond motifs is 1. The molecule has 3 aromatic rings. The van der Waals surface area contributed by atoms with Crippen molar-refractivity contribution in [2.75, 3.05) is 5.73 Å². The number of nitrogen functional groups attached to an aromatic ring is 1. The molecule has 2 heterocycles. The van der Waals surface area contributed by atoms with Crippen molar-refractivity contribution in [3.8, 4) is 11.4 Å². The fourth-order valence-corrected chi connectivity index (χ4v) is 2.66. The van der Waals surface area contributed by atoms with Crippen molar-refractivity contribution in [3.63, 3.8) is 0 Å². The highest BCUT2D eigenvalue weighted by molar-refractivity contribution is 5.81. The summed E-state index contributed by atoms with van der Waals surface area (Å²) in [4.78, 5) is 9.27. The van der Waals surface area contributed by atoms with Crippen LogP contribution >= 0.6 is 0 Å². The van der Waals surface area contributed by atoms with Crippen LogP contribution in [0.1, 0.15) is 24.4 Å². The molecule has 0 unspecified atom stereocenters. The first-order valence-electron chi connectivity index (χ1n) is 6.93. The molecule has 20 heavy (non-hydrogen) atoms. The Bertz CT molecular complexity index is 799. The molecule has 0 aliphatic heterocycles. The molecular weight excluding hydrogens is 248 g/mol. The Hall–Kier alpha value is -2.36. The number of benzene rings is 1. The number of hydrogen-bond acceptors (Lipinski definition) is 3. The summed E-state index contributed by atoms with van der Waals surface area (Å²) < 4.78 is 2.25. The van der Waals surface area contributed by atoms with Crippen LogP contribution in [0.25, 0.3) is 22.6 Å². The summed E-state index contributed by atoms with van der Waals surface area (Å²) >= 11 is 0. The van der Waals surface area contributed by atoms with Gasteiger partial charge in [-0.1, -0.05) is 11.6 Å². The molecule has 2 aromatic heterocycles. The number of imidazole rings is 1. The van der Waals surface area contributed by atoms with E-state index in [9.17, 15) is 0 Å². The van der Waals surface area contributed by atoms with Crippen LogP contribution in [-0.2, 0) is 0 Å². The van der Waals surface area contributed by atoms with E-state index < -0.39 is 0 Å². The number of rotatable bonds is 2. The average molecular weight is 264 g/mol. The SMILES string of the molecule is Cc1ccc(N)c(-c2nc3cccnc3n2C2CC2)c1. The fourth-order valence-electron chi connectivity index (χ4n) is 2.66. The van der Waals surface area contributed by atoms with Crippen molar-refractivity contribution >= 4 is 16.9 Å². The van der Waals surface area contributed by atoms with Gasteiger partial charge < -0.3 is 10.3 Å². The zero-order valence-corrected chi connectivity index (χ0v) is 11.4. The largest absolute Gasteiger partial charge is 0.398 e. The fraction of sp³-hybridized carbons (Fsp3) is 0.250. The minimum atomic E-state index is 0.518. The van der Waals surface area contributed by atoms with Crippen molar-refractivity contribution < 1.29 is 0 Å². The third-order valence-corrected chi connectivity index (χ3v) is 3.81. The predicted octanol–water partition coefficient (Wildman–Crippen LogP) is 3.32.